The highest BCUT2D eigenvalue weighted by Crippen LogP contribution is 2.19. The summed E-state index contributed by atoms with van der Waals surface area (Å²) in [6.07, 6.45) is 0.317. The summed E-state index contributed by atoms with van der Waals surface area (Å²) in [5.41, 5.74) is 0.439. The van der Waals surface area contributed by atoms with E-state index in [0.29, 0.717) is 17.7 Å². The molecular weight excluding hydrogens is 372 g/mol. The first-order valence-electron chi connectivity index (χ1n) is 6.63. The zero-order chi connectivity index (χ0) is 15.9. The first-order chi connectivity index (χ1) is 10.5. The van der Waals surface area contributed by atoms with E-state index < -0.39 is 0 Å². The number of benzene rings is 2. The summed E-state index contributed by atoms with van der Waals surface area (Å²) in [4.78, 5) is 12.6. The van der Waals surface area contributed by atoms with Crippen molar-refractivity contribution in [2.45, 2.75) is 17.9 Å². The number of nitrogens with one attached hydrogen (secondary N) is 1. The molecule has 6 heteroatoms. The number of rotatable bonds is 6. The van der Waals surface area contributed by atoms with Gasteiger partial charge in [0.25, 0.3) is 0 Å². The molecule has 2 nitrogen and oxygen atoms in total. The monoisotopic (exact) mass is 385 g/mol. The summed E-state index contributed by atoms with van der Waals surface area (Å²) in [6.45, 7) is 0.158. The number of hydrogen-bond donors (Lipinski definition) is 1. The lowest BCUT2D eigenvalue weighted by atomic mass is 10.2. The van der Waals surface area contributed by atoms with Crippen LogP contribution in [0.5, 0.6) is 0 Å². The predicted octanol–water partition coefficient (Wildman–Crippen LogP) is 4.53. The lowest BCUT2D eigenvalue weighted by Crippen LogP contribution is -2.23. The normalized spacial score (nSPS) is 10.5. The Bertz CT molecular complexity index is 649. The smallest absolute Gasteiger partial charge is 0.221 e. The molecule has 0 saturated carbocycles. The maximum Gasteiger partial charge on any atom is 0.221 e. The Morgan fingerprint density at radius 1 is 1.14 bits per heavy atom. The van der Waals surface area contributed by atoms with Gasteiger partial charge in [-0.2, -0.15) is 0 Å². The highest BCUT2D eigenvalue weighted by atomic mass is 79.9. The number of carbonyl (C=O) groups excluding carboxylic acids is 1. The van der Waals surface area contributed by atoms with E-state index in [0.717, 1.165) is 9.37 Å². The average molecular weight is 386 g/mol. The number of hydrogen-bond acceptors (Lipinski definition) is 2. The molecule has 0 spiro atoms. The lowest BCUT2D eigenvalue weighted by Gasteiger charge is -2.07. The first kappa shape index (κ1) is 17.0. The highest BCUT2D eigenvalue weighted by molar-refractivity contribution is 9.10. The van der Waals surface area contributed by atoms with Crippen molar-refractivity contribution in [2.75, 3.05) is 5.75 Å². The maximum atomic E-state index is 13.5. The van der Waals surface area contributed by atoms with Crippen LogP contribution < -0.4 is 5.32 Å². The van der Waals surface area contributed by atoms with Crippen LogP contribution in [0.3, 0.4) is 0 Å². The van der Waals surface area contributed by atoms with Gasteiger partial charge >= 0.3 is 0 Å². The van der Waals surface area contributed by atoms with Crippen molar-refractivity contribution in [2.24, 2.45) is 0 Å². The van der Waals surface area contributed by atoms with E-state index in [9.17, 15) is 13.6 Å². The van der Waals surface area contributed by atoms with Crippen molar-refractivity contribution in [1.82, 2.24) is 5.32 Å². The van der Waals surface area contributed by atoms with E-state index in [1.54, 1.807) is 24.3 Å². The van der Waals surface area contributed by atoms with Crippen molar-refractivity contribution in [3.05, 3.63) is 64.1 Å². The zero-order valence-corrected chi connectivity index (χ0v) is 14.0. The van der Waals surface area contributed by atoms with E-state index in [1.807, 2.05) is 0 Å². The van der Waals surface area contributed by atoms with Crippen LogP contribution in [0.15, 0.2) is 51.8 Å². The molecule has 0 aliphatic carbocycles. The first-order valence-corrected chi connectivity index (χ1v) is 8.41. The van der Waals surface area contributed by atoms with Gasteiger partial charge in [-0.05, 0) is 42.5 Å². The fourth-order valence-corrected chi connectivity index (χ4v) is 3.01. The van der Waals surface area contributed by atoms with Gasteiger partial charge < -0.3 is 5.32 Å². The van der Waals surface area contributed by atoms with Crippen molar-refractivity contribution in [1.29, 1.82) is 0 Å². The van der Waals surface area contributed by atoms with Crippen LogP contribution in [0.25, 0.3) is 0 Å². The van der Waals surface area contributed by atoms with Crippen LogP contribution in [-0.4, -0.2) is 11.7 Å². The summed E-state index contributed by atoms with van der Waals surface area (Å²) in [5, 5.41) is 2.69. The minimum absolute atomic E-state index is 0.144. The van der Waals surface area contributed by atoms with E-state index in [2.05, 4.69) is 21.2 Å². The van der Waals surface area contributed by atoms with Crippen molar-refractivity contribution in [3.8, 4) is 0 Å². The highest BCUT2D eigenvalue weighted by Gasteiger charge is 2.06. The fourth-order valence-electron chi connectivity index (χ4n) is 1.75. The Kier molecular flexibility index (Phi) is 6.39. The number of thioether (sulfide) groups is 1. The van der Waals surface area contributed by atoms with E-state index in [4.69, 9.17) is 0 Å². The second-order valence-electron chi connectivity index (χ2n) is 4.56. The Hall–Kier alpha value is -1.40. The van der Waals surface area contributed by atoms with Gasteiger partial charge in [-0.1, -0.05) is 15.9 Å². The summed E-state index contributed by atoms with van der Waals surface area (Å²) < 4.78 is 27.0. The molecule has 2 aromatic carbocycles. The van der Waals surface area contributed by atoms with Gasteiger partial charge in [-0.25, -0.2) is 8.78 Å². The molecular formula is C16H14BrF2NOS. The zero-order valence-electron chi connectivity index (χ0n) is 11.6. The topological polar surface area (TPSA) is 29.1 Å². The molecule has 2 aromatic rings. The SMILES string of the molecule is O=C(CCSc1ccc(F)cc1)NCc1cc(Br)ccc1F. The van der Waals surface area contributed by atoms with Gasteiger partial charge in [-0.15, -0.1) is 11.8 Å². The van der Waals surface area contributed by atoms with Gasteiger partial charge in [0, 0.05) is 33.7 Å². The molecule has 116 valence electrons. The van der Waals surface area contributed by atoms with E-state index in [1.165, 1.54) is 30.0 Å². The van der Waals surface area contributed by atoms with Gasteiger partial charge in [0.05, 0.1) is 0 Å². The second-order valence-corrected chi connectivity index (χ2v) is 6.65. The number of carbonyl (C=O) groups is 1. The number of amides is 1. The minimum Gasteiger partial charge on any atom is -0.352 e. The van der Waals surface area contributed by atoms with Crippen LogP contribution in [0.4, 0.5) is 8.78 Å². The largest absolute Gasteiger partial charge is 0.352 e. The van der Waals surface area contributed by atoms with Crippen molar-refractivity contribution >= 4 is 33.6 Å². The second kappa shape index (κ2) is 8.29. The Morgan fingerprint density at radius 3 is 2.59 bits per heavy atom. The van der Waals surface area contributed by atoms with Gasteiger partial charge in [0.1, 0.15) is 11.6 Å². The quantitative estimate of drug-likeness (QED) is 0.740. The molecule has 0 aliphatic rings. The number of halogens is 3. The average Bonchev–Trinajstić information content (AvgIpc) is 2.50. The molecule has 0 radical (unpaired) electrons. The summed E-state index contributed by atoms with van der Waals surface area (Å²) in [5.74, 6) is -0.186. The Morgan fingerprint density at radius 2 is 1.86 bits per heavy atom. The predicted molar refractivity (Wildman–Crippen MR) is 87.7 cm³/mol. The minimum atomic E-state index is -0.343. The summed E-state index contributed by atoms with van der Waals surface area (Å²) in [7, 11) is 0. The van der Waals surface area contributed by atoms with Crippen molar-refractivity contribution in [3.63, 3.8) is 0 Å². The Balaban J connectivity index is 1.74. The molecule has 0 fully saturated rings. The van der Waals surface area contributed by atoms with Crippen LogP contribution in [0.2, 0.25) is 0 Å². The standard InChI is InChI=1S/C16H14BrF2NOS/c17-12-1-6-15(19)11(9-12)10-20-16(21)7-8-22-14-4-2-13(18)3-5-14/h1-6,9H,7-8,10H2,(H,20,21). The molecule has 0 bridgehead atoms. The summed E-state index contributed by atoms with van der Waals surface area (Å²) >= 11 is 4.74. The van der Waals surface area contributed by atoms with Crippen LogP contribution in [-0.2, 0) is 11.3 Å². The molecule has 0 heterocycles. The third kappa shape index (κ3) is 5.42. The molecule has 0 atom stereocenters. The molecule has 2 rings (SSSR count). The van der Waals surface area contributed by atoms with Gasteiger partial charge in [0.2, 0.25) is 5.91 Å². The molecule has 0 aliphatic heterocycles. The fraction of sp³-hybridized carbons (Fsp3) is 0.188. The summed E-state index contributed by atoms with van der Waals surface area (Å²) in [6, 6.07) is 10.7. The van der Waals surface area contributed by atoms with Crippen LogP contribution >= 0.6 is 27.7 Å². The van der Waals surface area contributed by atoms with Crippen LogP contribution in [0.1, 0.15) is 12.0 Å². The molecule has 1 N–H and O–H groups in total. The third-order valence-corrected chi connectivity index (χ3v) is 4.40. The van der Waals surface area contributed by atoms with E-state index >= 15 is 0 Å². The van der Waals surface area contributed by atoms with E-state index in [-0.39, 0.29) is 24.1 Å². The third-order valence-electron chi connectivity index (χ3n) is 2.90. The maximum absolute atomic E-state index is 13.5. The lowest BCUT2D eigenvalue weighted by molar-refractivity contribution is -0.120. The molecule has 0 unspecified atom stereocenters. The molecule has 0 aromatic heterocycles. The van der Waals surface area contributed by atoms with Gasteiger partial charge in [0.15, 0.2) is 0 Å². The molecule has 0 saturated heterocycles. The molecule has 1 amide bonds. The Labute approximate surface area is 140 Å². The van der Waals surface area contributed by atoms with Gasteiger partial charge in [-0.3, -0.25) is 4.79 Å². The van der Waals surface area contributed by atoms with Crippen LogP contribution in [0, 0.1) is 11.6 Å². The van der Waals surface area contributed by atoms with Crippen molar-refractivity contribution < 1.29 is 13.6 Å². The molecule has 22 heavy (non-hydrogen) atoms.